The molecule has 100 valence electrons. The Morgan fingerprint density at radius 1 is 1.78 bits per heavy atom. The first-order valence-corrected chi connectivity index (χ1v) is 6.96. The lowest BCUT2D eigenvalue weighted by Crippen LogP contribution is -2.53. The number of nitrogens with one attached hydrogen (secondary N) is 1. The van der Waals surface area contributed by atoms with Crippen molar-refractivity contribution < 1.29 is 14.3 Å². The molecule has 2 aliphatic heterocycles. The van der Waals surface area contributed by atoms with Crippen LogP contribution in [-0.4, -0.2) is 41.9 Å². The van der Waals surface area contributed by atoms with Crippen molar-refractivity contribution in [3.63, 3.8) is 0 Å². The molecule has 0 saturated carbocycles. The average Bonchev–Trinajstić information content (AvgIpc) is 2.72. The van der Waals surface area contributed by atoms with Gasteiger partial charge < -0.3 is 14.8 Å². The molecule has 5 nitrogen and oxygen atoms in total. The van der Waals surface area contributed by atoms with E-state index in [0.717, 1.165) is 18.1 Å². The molecule has 6 heteroatoms. The van der Waals surface area contributed by atoms with E-state index in [0.29, 0.717) is 6.61 Å². The van der Waals surface area contributed by atoms with Crippen LogP contribution in [0.25, 0.3) is 0 Å². The van der Waals surface area contributed by atoms with E-state index in [4.69, 9.17) is 9.47 Å². The molecule has 0 radical (unpaired) electrons. The van der Waals surface area contributed by atoms with Crippen molar-refractivity contribution in [1.82, 2.24) is 5.32 Å². The largest absolute Gasteiger partial charge is 0.463 e. The molecule has 0 amide bonds. The van der Waals surface area contributed by atoms with Gasteiger partial charge in [0.25, 0.3) is 0 Å². The summed E-state index contributed by atoms with van der Waals surface area (Å²) >= 11 is 1.56. The maximum atomic E-state index is 11.0. The summed E-state index contributed by atoms with van der Waals surface area (Å²) in [4.78, 5) is 15.4. The zero-order valence-electron chi connectivity index (χ0n) is 10.6. The predicted octanol–water partition coefficient (Wildman–Crippen LogP) is 1.30. The smallest absolute Gasteiger partial charge is 0.302 e. The van der Waals surface area contributed by atoms with Gasteiger partial charge in [0.2, 0.25) is 0 Å². The number of carbonyl (C=O) groups excluding carboxylic acids is 1. The van der Waals surface area contributed by atoms with Gasteiger partial charge in [0.15, 0.2) is 5.17 Å². The molecule has 1 N–H and O–H groups in total. The molecule has 2 rings (SSSR count). The molecule has 2 heterocycles. The zero-order valence-corrected chi connectivity index (χ0v) is 11.5. The summed E-state index contributed by atoms with van der Waals surface area (Å²) in [5, 5.41) is 4.18. The van der Waals surface area contributed by atoms with Crippen LogP contribution in [-0.2, 0) is 14.3 Å². The quantitative estimate of drug-likeness (QED) is 0.616. The molecule has 0 aromatic carbocycles. The summed E-state index contributed by atoms with van der Waals surface area (Å²) in [5.74, 6) is -0.284. The van der Waals surface area contributed by atoms with E-state index in [9.17, 15) is 4.79 Å². The van der Waals surface area contributed by atoms with Crippen LogP contribution in [0.5, 0.6) is 0 Å². The van der Waals surface area contributed by atoms with Crippen LogP contribution in [0.4, 0.5) is 0 Å². The minimum Gasteiger partial charge on any atom is -0.463 e. The van der Waals surface area contributed by atoms with Crippen LogP contribution in [0.2, 0.25) is 0 Å². The van der Waals surface area contributed by atoms with Crippen LogP contribution in [0.15, 0.2) is 17.1 Å². The topological polar surface area (TPSA) is 59.9 Å². The van der Waals surface area contributed by atoms with Crippen LogP contribution in [0.1, 0.15) is 20.3 Å². The summed E-state index contributed by atoms with van der Waals surface area (Å²) in [6.45, 7) is 5.13. The van der Waals surface area contributed by atoms with Crippen molar-refractivity contribution >= 4 is 22.9 Å². The number of fused-ring (bicyclic) bond motifs is 1. The first kappa shape index (κ1) is 13.4. The summed E-state index contributed by atoms with van der Waals surface area (Å²) < 4.78 is 10.8. The number of aliphatic imine (C=N–C) groups is 1. The van der Waals surface area contributed by atoms with Gasteiger partial charge in [-0.2, -0.15) is 0 Å². The Labute approximate surface area is 111 Å². The lowest BCUT2D eigenvalue weighted by atomic mass is 10.00. The Balaban J connectivity index is 2.10. The number of esters is 1. The molecule has 0 spiro atoms. The van der Waals surface area contributed by atoms with Gasteiger partial charge in [-0.15, -0.1) is 0 Å². The first-order chi connectivity index (χ1) is 8.66. The van der Waals surface area contributed by atoms with Gasteiger partial charge in [0, 0.05) is 13.5 Å². The van der Waals surface area contributed by atoms with E-state index >= 15 is 0 Å². The third-order valence-corrected chi connectivity index (χ3v) is 3.96. The highest BCUT2D eigenvalue weighted by Gasteiger charge is 2.48. The van der Waals surface area contributed by atoms with Crippen LogP contribution >= 0.6 is 11.8 Å². The molecule has 0 aromatic heterocycles. The Hall–Kier alpha value is -1.01. The third kappa shape index (κ3) is 2.87. The number of carbonyl (C=O) groups is 1. The third-order valence-electron chi connectivity index (χ3n) is 2.73. The van der Waals surface area contributed by atoms with Crippen molar-refractivity contribution in [2.24, 2.45) is 4.99 Å². The Bertz CT molecular complexity index is 384. The molecular formula is C12H18N2O3S. The van der Waals surface area contributed by atoms with E-state index in [-0.39, 0.29) is 18.0 Å². The van der Waals surface area contributed by atoms with Gasteiger partial charge in [0.1, 0.15) is 17.6 Å². The normalized spacial score (nSPS) is 32.1. The van der Waals surface area contributed by atoms with Crippen molar-refractivity contribution in [3.05, 3.63) is 12.2 Å². The minimum absolute atomic E-state index is 0.0857. The van der Waals surface area contributed by atoms with E-state index in [1.54, 1.807) is 11.8 Å². The molecule has 0 aliphatic carbocycles. The van der Waals surface area contributed by atoms with Crippen LogP contribution < -0.4 is 5.32 Å². The number of thioether (sulfide) groups is 1. The van der Waals surface area contributed by atoms with Crippen molar-refractivity contribution in [3.8, 4) is 0 Å². The highest BCUT2D eigenvalue weighted by Crippen LogP contribution is 2.36. The van der Waals surface area contributed by atoms with Gasteiger partial charge in [-0.05, 0) is 6.42 Å². The van der Waals surface area contributed by atoms with Crippen LogP contribution in [0.3, 0.4) is 0 Å². The molecular weight excluding hydrogens is 252 g/mol. The lowest BCUT2D eigenvalue weighted by molar-refractivity contribution is -0.143. The standard InChI is InChI=1S/C12H18N2O3S/c1-3-6-13-11-14-12(8-17-9(2)15)5-4-7-16-10(12)18-11/h4-5,10H,3,6-8H2,1-2H3,(H,13,14). The Kier molecular flexibility index (Phi) is 4.29. The van der Waals surface area contributed by atoms with Gasteiger partial charge >= 0.3 is 5.97 Å². The van der Waals surface area contributed by atoms with E-state index in [1.807, 2.05) is 12.2 Å². The van der Waals surface area contributed by atoms with Crippen molar-refractivity contribution in [2.45, 2.75) is 31.2 Å². The highest BCUT2D eigenvalue weighted by atomic mass is 32.2. The second-order valence-electron chi connectivity index (χ2n) is 4.32. The van der Waals surface area contributed by atoms with Crippen molar-refractivity contribution in [1.29, 1.82) is 0 Å². The number of rotatable bonds is 4. The molecule has 1 fully saturated rings. The fourth-order valence-corrected chi connectivity index (χ4v) is 3.04. The second kappa shape index (κ2) is 5.75. The van der Waals surface area contributed by atoms with Gasteiger partial charge in [-0.25, -0.2) is 0 Å². The average molecular weight is 270 g/mol. The Morgan fingerprint density at radius 3 is 3.33 bits per heavy atom. The van der Waals surface area contributed by atoms with Gasteiger partial charge in [0.05, 0.1) is 6.61 Å². The molecule has 1 saturated heterocycles. The Morgan fingerprint density at radius 2 is 2.61 bits per heavy atom. The summed E-state index contributed by atoms with van der Waals surface area (Å²) in [5.41, 5.74) is -0.557. The molecule has 18 heavy (non-hydrogen) atoms. The maximum absolute atomic E-state index is 11.0. The number of nitrogens with zero attached hydrogens (tertiary/aromatic N) is 1. The molecule has 2 unspecified atom stereocenters. The second-order valence-corrected chi connectivity index (χ2v) is 5.37. The number of hydrogen-bond donors (Lipinski definition) is 1. The molecule has 2 aliphatic rings. The monoisotopic (exact) mass is 270 g/mol. The fourth-order valence-electron chi connectivity index (χ4n) is 1.86. The maximum Gasteiger partial charge on any atom is 0.302 e. The minimum atomic E-state index is -0.471. The highest BCUT2D eigenvalue weighted by molar-refractivity contribution is 8.14. The number of amidine groups is 1. The predicted molar refractivity (Wildman–Crippen MR) is 71.6 cm³/mol. The van der Waals surface area contributed by atoms with Crippen LogP contribution in [0, 0.1) is 0 Å². The molecule has 0 aromatic rings. The van der Waals surface area contributed by atoms with E-state index < -0.39 is 5.54 Å². The molecule has 2 atom stereocenters. The first-order valence-electron chi connectivity index (χ1n) is 6.08. The molecule has 0 bridgehead atoms. The summed E-state index contributed by atoms with van der Waals surface area (Å²) in [6.07, 6.45) is 4.96. The fraction of sp³-hybridized carbons (Fsp3) is 0.667. The lowest BCUT2D eigenvalue weighted by Gasteiger charge is -2.32. The summed E-state index contributed by atoms with van der Waals surface area (Å²) in [7, 11) is 0. The van der Waals surface area contributed by atoms with Gasteiger partial charge in [-0.1, -0.05) is 30.8 Å². The summed E-state index contributed by atoms with van der Waals surface area (Å²) in [6, 6.07) is 0. The number of hydrogen-bond acceptors (Lipinski definition) is 5. The van der Waals surface area contributed by atoms with Crippen molar-refractivity contribution in [2.75, 3.05) is 19.8 Å². The van der Waals surface area contributed by atoms with E-state index in [1.165, 1.54) is 6.92 Å². The van der Waals surface area contributed by atoms with Gasteiger partial charge in [-0.3, -0.25) is 9.79 Å². The van der Waals surface area contributed by atoms with E-state index in [2.05, 4.69) is 17.2 Å². The zero-order chi connectivity index (χ0) is 13.0. The SMILES string of the molecule is CCCN=C1NC2(COC(C)=O)C=CCOC2S1. The number of ether oxygens (including phenoxy) is 2.